The summed E-state index contributed by atoms with van der Waals surface area (Å²) in [6.45, 7) is 6.73. The molecule has 3 rings (SSSR count). The van der Waals surface area contributed by atoms with E-state index in [1.807, 2.05) is 32.0 Å². The summed E-state index contributed by atoms with van der Waals surface area (Å²) in [7, 11) is 0. The van der Waals surface area contributed by atoms with Crippen LogP contribution in [0.5, 0.6) is 0 Å². The molecule has 0 saturated carbocycles. The van der Waals surface area contributed by atoms with Gasteiger partial charge in [-0.25, -0.2) is 4.39 Å². The second-order valence-corrected chi connectivity index (χ2v) is 7.89. The fraction of sp³-hybridized carbons (Fsp3) is 0.286. The van der Waals surface area contributed by atoms with Crippen molar-refractivity contribution < 1.29 is 9.18 Å². The Labute approximate surface area is 168 Å². The van der Waals surface area contributed by atoms with Gasteiger partial charge in [0.1, 0.15) is 5.82 Å². The Hall–Kier alpha value is -2.67. The number of nitrogens with zero attached hydrogens (tertiary/aromatic N) is 3. The molecule has 0 spiro atoms. The van der Waals surface area contributed by atoms with Crippen LogP contribution in [-0.2, 0) is 11.3 Å². The third-order valence-corrected chi connectivity index (χ3v) is 5.28. The topological polar surface area (TPSA) is 59.8 Å². The minimum atomic E-state index is -0.379. The highest BCUT2D eigenvalue weighted by Crippen LogP contribution is 2.28. The van der Waals surface area contributed by atoms with Crippen LogP contribution in [-0.4, -0.2) is 25.9 Å². The Morgan fingerprint density at radius 1 is 1.21 bits per heavy atom. The lowest BCUT2D eigenvalue weighted by molar-refractivity contribution is -0.115. The van der Waals surface area contributed by atoms with E-state index in [1.165, 1.54) is 23.9 Å². The van der Waals surface area contributed by atoms with Gasteiger partial charge < -0.3 is 9.88 Å². The third kappa shape index (κ3) is 4.78. The molecule has 1 aromatic heterocycles. The highest BCUT2D eigenvalue weighted by Gasteiger charge is 2.20. The molecule has 1 unspecified atom stereocenters. The fourth-order valence-electron chi connectivity index (χ4n) is 2.79. The van der Waals surface area contributed by atoms with E-state index in [1.54, 1.807) is 12.1 Å². The smallest absolute Gasteiger partial charge is 0.237 e. The monoisotopic (exact) mass is 398 g/mol. The molecule has 3 aromatic rings. The Morgan fingerprint density at radius 2 is 1.96 bits per heavy atom. The second-order valence-electron chi connectivity index (χ2n) is 6.58. The molecule has 7 heteroatoms. The second kappa shape index (κ2) is 9.01. The van der Waals surface area contributed by atoms with Crippen LogP contribution in [0.1, 0.15) is 25.8 Å². The molecule has 0 radical (unpaired) electrons. The van der Waals surface area contributed by atoms with Crippen LogP contribution in [0.25, 0.3) is 11.4 Å². The predicted molar refractivity (Wildman–Crippen MR) is 111 cm³/mol. The van der Waals surface area contributed by atoms with E-state index in [4.69, 9.17) is 0 Å². The number of aryl methyl sites for hydroxylation is 1. The molecule has 2 aromatic carbocycles. The predicted octanol–water partition coefficient (Wildman–Crippen LogP) is 4.92. The normalized spacial score (nSPS) is 12.0. The number of carbonyl (C=O) groups is 1. The summed E-state index contributed by atoms with van der Waals surface area (Å²) in [6.07, 6.45) is 0.931. The first kappa shape index (κ1) is 20.1. The standard InChI is InChI=1S/C21H23FN4OS/c1-4-12-26-19(16-7-5-6-14(2)13-16)24-25-21(26)28-15(3)20(27)23-18-10-8-17(22)9-11-18/h5-11,13,15H,4,12H2,1-3H3,(H,23,27). The van der Waals surface area contributed by atoms with Gasteiger partial charge in [-0.05, 0) is 50.6 Å². The van der Waals surface area contributed by atoms with Crippen LogP contribution < -0.4 is 5.32 Å². The molecule has 0 aliphatic rings. The summed E-state index contributed by atoms with van der Waals surface area (Å²) in [5.41, 5.74) is 2.73. The molecule has 1 atom stereocenters. The number of rotatable bonds is 7. The first-order valence-corrected chi connectivity index (χ1v) is 10.1. The zero-order valence-corrected chi connectivity index (χ0v) is 17.0. The number of hydrogen-bond acceptors (Lipinski definition) is 4. The van der Waals surface area contributed by atoms with E-state index in [2.05, 4.69) is 33.1 Å². The minimum absolute atomic E-state index is 0.167. The first-order chi connectivity index (χ1) is 13.5. The van der Waals surface area contributed by atoms with Crippen molar-refractivity contribution in [3.63, 3.8) is 0 Å². The van der Waals surface area contributed by atoms with Gasteiger partial charge in [-0.3, -0.25) is 4.79 Å². The van der Waals surface area contributed by atoms with Crippen LogP contribution in [0.3, 0.4) is 0 Å². The Morgan fingerprint density at radius 3 is 2.64 bits per heavy atom. The number of halogens is 1. The van der Waals surface area contributed by atoms with Crippen LogP contribution in [0.15, 0.2) is 53.7 Å². The summed E-state index contributed by atoms with van der Waals surface area (Å²) >= 11 is 1.36. The van der Waals surface area contributed by atoms with E-state index >= 15 is 0 Å². The van der Waals surface area contributed by atoms with Gasteiger partial charge in [0.05, 0.1) is 5.25 Å². The number of carbonyl (C=O) groups excluding carboxylic acids is 1. The number of aromatic nitrogens is 3. The Kier molecular flexibility index (Phi) is 6.46. The number of amides is 1. The maximum absolute atomic E-state index is 13.0. The molecule has 1 amide bonds. The highest BCUT2D eigenvalue weighted by molar-refractivity contribution is 8.00. The van der Waals surface area contributed by atoms with Crippen molar-refractivity contribution in [1.82, 2.24) is 14.8 Å². The number of hydrogen-bond donors (Lipinski definition) is 1. The maximum atomic E-state index is 13.0. The Balaban J connectivity index is 1.77. The van der Waals surface area contributed by atoms with E-state index in [9.17, 15) is 9.18 Å². The molecule has 0 aliphatic carbocycles. The fourth-order valence-corrected chi connectivity index (χ4v) is 3.66. The molecule has 0 fully saturated rings. The van der Waals surface area contributed by atoms with Gasteiger partial charge in [0.15, 0.2) is 11.0 Å². The van der Waals surface area contributed by atoms with Crippen molar-refractivity contribution >= 4 is 23.4 Å². The Bertz CT molecular complexity index is 955. The molecule has 0 aliphatic heterocycles. The molecule has 146 valence electrons. The summed E-state index contributed by atoms with van der Waals surface area (Å²) < 4.78 is 15.1. The van der Waals surface area contributed by atoms with Crippen LogP contribution >= 0.6 is 11.8 Å². The SMILES string of the molecule is CCCn1c(SC(C)C(=O)Nc2ccc(F)cc2)nnc1-c1cccc(C)c1. The lowest BCUT2D eigenvalue weighted by Crippen LogP contribution is -2.23. The molecular formula is C21H23FN4OS. The molecule has 28 heavy (non-hydrogen) atoms. The molecule has 1 heterocycles. The maximum Gasteiger partial charge on any atom is 0.237 e. The average molecular weight is 399 g/mol. The van der Waals surface area contributed by atoms with E-state index in [-0.39, 0.29) is 17.0 Å². The van der Waals surface area contributed by atoms with Crippen molar-refractivity contribution in [2.75, 3.05) is 5.32 Å². The summed E-state index contributed by atoms with van der Waals surface area (Å²) in [4.78, 5) is 12.5. The third-order valence-electron chi connectivity index (χ3n) is 4.20. The van der Waals surface area contributed by atoms with Crippen molar-refractivity contribution in [2.45, 2.75) is 44.1 Å². The lowest BCUT2D eigenvalue weighted by Gasteiger charge is -2.13. The van der Waals surface area contributed by atoms with Gasteiger partial charge in [0.2, 0.25) is 5.91 Å². The van der Waals surface area contributed by atoms with Crippen molar-refractivity contribution in [2.24, 2.45) is 0 Å². The number of benzene rings is 2. The zero-order valence-electron chi connectivity index (χ0n) is 16.1. The summed E-state index contributed by atoms with van der Waals surface area (Å²) in [5, 5.41) is 11.8. The van der Waals surface area contributed by atoms with Crippen LogP contribution in [0, 0.1) is 12.7 Å². The minimum Gasteiger partial charge on any atom is -0.325 e. The quantitative estimate of drug-likeness (QED) is 0.574. The zero-order chi connectivity index (χ0) is 20.1. The van der Waals surface area contributed by atoms with E-state index in [0.717, 1.165) is 29.9 Å². The van der Waals surface area contributed by atoms with Gasteiger partial charge >= 0.3 is 0 Å². The average Bonchev–Trinajstić information content (AvgIpc) is 3.06. The first-order valence-electron chi connectivity index (χ1n) is 9.21. The lowest BCUT2D eigenvalue weighted by atomic mass is 10.1. The highest BCUT2D eigenvalue weighted by atomic mass is 32.2. The van der Waals surface area contributed by atoms with Gasteiger partial charge in [0, 0.05) is 17.8 Å². The largest absolute Gasteiger partial charge is 0.325 e. The summed E-state index contributed by atoms with van der Waals surface area (Å²) in [5.74, 6) is 0.302. The van der Waals surface area contributed by atoms with Gasteiger partial charge in [-0.1, -0.05) is 42.4 Å². The number of thioether (sulfide) groups is 1. The van der Waals surface area contributed by atoms with Gasteiger partial charge in [-0.2, -0.15) is 0 Å². The van der Waals surface area contributed by atoms with Gasteiger partial charge in [-0.15, -0.1) is 10.2 Å². The van der Waals surface area contributed by atoms with Crippen molar-refractivity contribution in [3.05, 3.63) is 59.9 Å². The van der Waals surface area contributed by atoms with Crippen molar-refractivity contribution in [3.8, 4) is 11.4 Å². The molecule has 0 bridgehead atoms. The van der Waals surface area contributed by atoms with Gasteiger partial charge in [0.25, 0.3) is 0 Å². The van der Waals surface area contributed by atoms with E-state index < -0.39 is 0 Å². The summed E-state index contributed by atoms with van der Waals surface area (Å²) in [6, 6.07) is 13.9. The molecule has 1 N–H and O–H groups in total. The number of anilines is 1. The van der Waals surface area contributed by atoms with Crippen LogP contribution in [0.4, 0.5) is 10.1 Å². The molecule has 0 saturated heterocycles. The number of nitrogens with one attached hydrogen (secondary N) is 1. The molecule has 5 nitrogen and oxygen atoms in total. The molecular weight excluding hydrogens is 375 g/mol. The van der Waals surface area contributed by atoms with E-state index in [0.29, 0.717) is 10.8 Å². The van der Waals surface area contributed by atoms with Crippen LogP contribution in [0.2, 0.25) is 0 Å². The van der Waals surface area contributed by atoms with Crippen molar-refractivity contribution in [1.29, 1.82) is 0 Å².